The highest BCUT2D eigenvalue weighted by Gasteiger charge is 2.07. The van der Waals surface area contributed by atoms with Crippen molar-refractivity contribution in [2.24, 2.45) is 0 Å². The lowest BCUT2D eigenvalue weighted by Crippen LogP contribution is -2.00. The molecular weight excluding hydrogens is 284 g/mol. The van der Waals surface area contributed by atoms with Crippen LogP contribution in [-0.2, 0) is 17.9 Å². The Hall–Kier alpha value is -1.94. The second-order valence-electron chi connectivity index (χ2n) is 4.85. The average molecular weight is 300 g/mol. The van der Waals surface area contributed by atoms with E-state index in [4.69, 9.17) is 8.83 Å². The fourth-order valence-electron chi connectivity index (χ4n) is 2.27. The van der Waals surface area contributed by atoms with Gasteiger partial charge in [0, 0.05) is 17.2 Å². The van der Waals surface area contributed by atoms with Gasteiger partial charge in [0.05, 0.1) is 12.0 Å². The van der Waals surface area contributed by atoms with Crippen LogP contribution in [0.2, 0.25) is 0 Å². The maximum Gasteiger partial charge on any atom is 0.336 e. The van der Waals surface area contributed by atoms with Crippen LogP contribution in [0.25, 0.3) is 11.0 Å². The van der Waals surface area contributed by atoms with E-state index >= 15 is 0 Å². The first kappa shape index (κ1) is 14.0. The molecule has 21 heavy (non-hydrogen) atoms. The minimum atomic E-state index is -0.288. The van der Waals surface area contributed by atoms with Crippen LogP contribution in [0.5, 0.6) is 0 Å². The van der Waals surface area contributed by atoms with Gasteiger partial charge in [-0.05, 0) is 35.7 Å². The monoisotopic (exact) mass is 300 g/mol. The third-order valence-corrected chi connectivity index (χ3v) is 4.39. The van der Waals surface area contributed by atoms with Crippen LogP contribution in [0.1, 0.15) is 23.8 Å². The Labute approximate surface area is 127 Å². The molecule has 4 heteroatoms. The fraction of sp³-hybridized carbons (Fsp3) is 0.235. The summed E-state index contributed by atoms with van der Waals surface area (Å²) in [4.78, 5) is 11.7. The molecule has 0 aliphatic heterocycles. The number of fused-ring (bicyclic) bond motifs is 1. The first-order valence-corrected chi connectivity index (χ1v) is 8.07. The van der Waals surface area contributed by atoms with Gasteiger partial charge in [-0.15, -0.1) is 11.8 Å². The Morgan fingerprint density at radius 3 is 2.81 bits per heavy atom. The summed E-state index contributed by atoms with van der Waals surface area (Å²) < 4.78 is 10.6. The van der Waals surface area contributed by atoms with Gasteiger partial charge in [-0.1, -0.05) is 19.1 Å². The minimum Gasteiger partial charge on any atom is -0.468 e. The second-order valence-corrected chi connectivity index (χ2v) is 5.83. The number of thioether (sulfide) groups is 1. The van der Waals surface area contributed by atoms with Gasteiger partial charge in [0.1, 0.15) is 11.3 Å². The van der Waals surface area contributed by atoms with Gasteiger partial charge in [0.25, 0.3) is 0 Å². The summed E-state index contributed by atoms with van der Waals surface area (Å²) in [5.74, 6) is 2.50. The molecule has 0 spiro atoms. The van der Waals surface area contributed by atoms with E-state index in [-0.39, 0.29) is 5.63 Å². The van der Waals surface area contributed by atoms with Crippen molar-refractivity contribution in [3.63, 3.8) is 0 Å². The van der Waals surface area contributed by atoms with E-state index in [1.165, 1.54) is 5.56 Å². The van der Waals surface area contributed by atoms with E-state index in [0.29, 0.717) is 5.58 Å². The summed E-state index contributed by atoms with van der Waals surface area (Å²) in [6.45, 7) is 2.09. The van der Waals surface area contributed by atoms with Crippen LogP contribution in [-0.4, -0.2) is 0 Å². The van der Waals surface area contributed by atoms with E-state index in [9.17, 15) is 4.79 Å². The normalized spacial score (nSPS) is 11.1. The van der Waals surface area contributed by atoms with E-state index in [1.54, 1.807) is 24.1 Å². The van der Waals surface area contributed by atoms with Gasteiger partial charge < -0.3 is 8.83 Å². The number of aryl methyl sites for hydroxylation is 1. The molecule has 3 nitrogen and oxygen atoms in total. The van der Waals surface area contributed by atoms with Crippen molar-refractivity contribution in [3.8, 4) is 0 Å². The molecule has 3 aromatic rings. The molecule has 108 valence electrons. The maximum atomic E-state index is 11.7. The van der Waals surface area contributed by atoms with Gasteiger partial charge in [-0.25, -0.2) is 4.79 Å². The van der Waals surface area contributed by atoms with E-state index < -0.39 is 0 Å². The van der Waals surface area contributed by atoms with Crippen molar-refractivity contribution in [3.05, 3.63) is 70.0 Å². The smallest absolute Gasteiger partial charge is 0.336 e. The van der Waals surface area contributed by atoms with Gasteiger partial charge in [0.2, 0.25) is 0 Å². The molecule has 2 heterocycles. The third kappa shape index (κ3) is 3.22. The first-order chi connectivity index (χ1) is 10.3. The summed E-state index contributed by atoms with van der Waals surface area (Å²) in [5, 5.41) is 1.01. The summed E-state index contributed by atoms with van der Waals surface area (Å²) in [5.41, 5.74) is 2.58. The predicted octanol–water partition coefficient (Wildman–Crippen LogP) is 4.38. The standard InChI is InChI=1S/C17H16O3S/c1-2-12-5-6-15-13(9-17(18)20-16(15)8-12)10-21-11-14-4-3-7-19-14/h3-9H,2,10-11H2,1H3. The fourth-order valence-corrected chi connectivity index (χ4v) is 3.20. The molecular formula is C17H16O3S. The highest BCUT2D eigenvalue weighted by molar-refractivity contribution is 7.97. The molecule has 0 fully saturated rings. The highest BCUT2D eigenvalue weighted by Crippen LogP contribution is 2.24. The molecule has 0 saturated heterocycles. The largest absolute Gasteiger partial charge is 0.468 e. The number of hydrogen-bond acceptors (Lipinski definition) is 4. The molecule has 0 aliphatic rings. The lowest BCUT2D eigenvalue weighted by Gasteiger charge is -2.06. The van der Waals surface area contributed by atoms with Crippen LogP contribution >= 0.6 is 11.8 Å². The van der Waals surface area contributed by atoms with E-state index in [0.717, 1.165) is 34.6 Å². The second kappa shape index (κ2) is 6.22. The van der Waals surface area contributed by atoms with E-state index in [1.807, 2.05) is 24.3 Å². The van der Waals surface area contributed by atoms with Crippen molar-refractivity contribution in [2.75, 3.05) is 0 Å². The van der Waals surface area contributed by atoms with Crippen molar-refractivity contribution in [2.45, 2.75) is 24.9 Å². The van der Waals surface area contributed by atoms with Gasteiger partial charge in [0.15, 0.2) is 0 Å². The Morgan fingerprint density at radius 1 is 1.14 bits per heavy atom. The summed E-state index contributed by atoms with van der Waals surface area (Å²) in [7, 11) is 0. The minimum absolute atomic E-state index is 0.288. The maximum absolute atomic E-state index is 11.7. The molecule has 0 N–H and O–H groups in total. The molecule has 0 radical (unpaired) electrons. The number of rotatable bonds is 5. The number of hydrogen-bond donors (Lipinski definition) is 0. The van der Waals surface area contributed by atoms with Crippen LogP contribution < -0.4 is 5.63 Å². The Kier molecular flexibility index (Phi) is 4.15. The van der Waals surface area contributed by atoms with Crippen molar-refractivity contribution < 1.29 is 8.83 Å². The molecule has 0 atom stereocenters. The average Bonchev–Trinajstić information content (AvgIpc) is 2.99. The topological polar surface area (TPSA) is 43.4 Å². The molecule has 0 amide bonds. The summed E-state index contributed by atoms with van der Waals surface area (Å²) in [6.07, 6.45) is 2.60. The van der Waals surface area contributed by atoms with Crippen molar-refractivity contribution in [1.29, 1.82) is 0 Å². The SMILES string of the molecule is CCc1ccc2c(CSCc3ccco3)cc(=O)oc2c1. The zero-order valence-electron chi connectivity index (χ0n) is 11.8. The van der Waals surface area contributed by atoms with Crippen LogP contribution in [0.4, 0.5) is 0 Å². The van der Waals surface area contributed by atoms with Crippen LogP contribution in [0, 0.1) is 0 Å². The lowest BCUT2D eigenvalue weighted by atomic mass is 10.1. The lowest BCUT2D eigenvalue weighted by molar-refractivity contribution is 0.530. The van der Waals surface area contributed by atoms with Crippen molar-refractivity contribution >= 4 is 22.7 Å². The molecule has 2 aromatic heterocycles. The number of benzene rings is 1. The number of furan rings is 1. The zero-order chi connectivity index (χ0) is 14.7. The molecule has 3 rings (SSSR count). The van der Waals surface area contributed by atoms with Crippen LogP contribution in [0.3, 0.4) is 0 Å². The molecule has 0 unspecified atom stereocenters. The predicted molar refractivity (Wildman–Crippen MR) is 85.6 cm³/mol. The first-order valence-electron chi connectivity index (χ1n) is 6.92. The quantitative estimate of drug-likeness (QED) is 0.656. The molecule has 1 aromatic carbocycles. The van der Waals surface area contributed by atoms with Crippen LogP contribution in [0.15, 0.2) is 56.3 Å². The van der Waals surface area contributed by atoms with Gasteiger partial charge in [-0.2, -0.15) is 0 Å². The van der Waals surface area contributed by atoms with Gasteiger partial charge >= 0.3 is 5.63 Å². The Balaban J connectivity index is 1.85. The Morgan fingerprint density at radius 2 is 2.05 bits per heavy atom. The van der Waals surface area contributed by atoms with E-state index in [2.05, 4.69) is 13.0 Å². The van der Waals surface area contributed by atoms with Crippen molar-refractivity contribution in [1.82, 2.24) is 0 Å². The van der Waals surface area contributed by atoms with Gasteiger partial charge in [-0.3, -0.25) is 0 Å². The Bertz CT molecular complexity index is 787. The third-order valence-electron chi connectivity index (χ3n) is 3.38. The zero-order valence-corrected chi connectivity index (χ0v) is 12.6. The summed E-state index contributed by atoms with van der Waals surface area (Å²) >= 11 is 1.72. The molecule has 0 bridgehead atoms. The highest BCUT2D eigenvalue weighted by atomic mass is 32.2. The molecule has 0 saturated carbocycles. The summed E-state index contributed by atoms with van der Waals surface area (Å²) in [6, 6.07) is 11.5. The molecule has 0 aliphatic carbocycles.